The lowest BCUT2D eigenvalue weighted by Crippen LogP contribution is -2.47. The number of carbonyl (C=O) groups is 2. The number of aliphatic carboxylic acids is 1. The zero-order valence-corrected chi connectivity index (χ0v) is 19.5. The van der Waals surface area contributed by atoms with Gasteiger partial charge >= 0.3 is 11.7 Å². The van der Waals surface area contributed by atoms with Gasteiger partial charge < -0.3 is 19.6 Å². The van der Waals surface area contributed by atoms with Crippen molar-refractivity contribution in [3.63, 3.8) is 0 Å². The van der Waals surface area contributed by atoms with Gasteiger partial charge in [0.2, 0.25) is 5.91 Å². The van der Waals surface area contributed by atoms with Crippen molar-refractivity contribution in [1.82, 2.24) is 4.90 Å². The van der Waals surface area contributed by atoms with Crippen molar-refractivity contribution in [1.29, 1.82) is 0 Å². The number of piperidine rings is 1. The molecule has 180 valence electrons. The third-order valence-electron chi connectivity index (χ3n) is 6.76. The van der Waals surface area contributed by atoms with Crippen LogP contribution in [0.5, 0.6) is 5.75 Å². The largest absolute Gasteiger partial charge is 0.490 e. The maximum atomic E-state index is 13.6. The molecule has 34 heavy (non-hydrogen) atoms. The van der Waals surface area contributed by atoms with Gasteiger partial charge in [0.15, 0.2) is 5.75 Å². The molecular formula is C24H26ClN3O6. The summed E-state index contributed by atoms with van der Waals surface area (Å²) >= 11 is 6.39. The number of anilines is 1. The van der Waals surface area contributed by atoms with Crippen molar-refractivity contribution in [2.45, 2.75) is 37.8 Å². The minimum Gasteiger partial charge on any atom is -0.490 e. The van der Waals surface area contributed by atoms with Gasteiger partial charge in [0, 0.05) is 41.9 Å². The van der Waals surface area contributed by atoms with Gasteiger partial charge in [-0.05, 0) is 43.4 Å². The Kier molecular flexibility index (Phi) is 6.92. The minimum absolute atomic E-state index is 0.101. The number of carboxylic acid groups (broad SMARTS) is 1. The first-order chi connectivity index (χ1) is 16.3. The first-order valence-corrected chi connectivity index (χ1v) is 11.6. The monoisotopic (exact) mass is 487 g/mol. The van der Waals surface area contributed by atoms with Crippen LogP contribution in [0.1, 0.15) is 37.3 Å². The molecule has 2 heterocycles. The molecule has 0 aromatic heterocycles. The van der Waals surface area contributed by atoms with E-state index in [1.165, 1.54) is 18.1 Å². The van der Waals surface area contributed by atoms with Gasteiger partial charge in [0.1, 0.15) is 6.04 Å². The Labute approximate surface area is 202 Å². The number of halogens is 1. The fourth-order valence-corrected chi connectivity index (χ4v) is 5.28. The van der Waals surface area contributed by atoms with Crippen LogP contribution >= 0.6 is 11.6 Å². The number of amides is 1. The Morgan fingerprint density at radius 3 is 2.44 bits per heavy atom. The molecule has 0 radical (unpaired) electrons. The van der Waals surface area contributed by atoms with Gasteiger partial charge in [-0.25, -0.2) is 4.79 Å². The first kappa shape index (κ1) is 23.8. The first-order valence-electron chi connectivity index (χ1n) is 11.2. The van der Waals surface area contributed by atoms with Crippen molar-refractivity contribution in [3.8, 4) is 5.75 Å². The van der Waals surface area contributed by atoms with Gasteiger partial charge in [0.25, 0.3) is 0 Å². The summed E-state index contributed by atoms with van der Waals surface area (Å²) in [6.07, 6.45) is 2.04. The zero-order chi connectivity index (χ0) is 24.4. The number of nitrogens with zero attached hydrogens (tertiary/aromatic N) is 3. The molecule has 9 nitrogen and oxygen atoms in total. The lowest BCUT2D eigenvalue weighted by molar-refractivity contribution is -0.385. The molecule has 1 amide bonds. The van der Waals surface area contributed by atoms with E-state index in [0.29, 0.717) is 43.8 Å². The molecule has 10 heteroatoms. The smallest absolute Gasteiger partial charge is 0.326 e. The van der Waals surface area contributed by atoms with Crippen LogP contribution in [0.25, 0.3) is 0 Å². The molecule has 0 aliphatic carbocycles. The summed E-state index contributed by atoms with van der Waals surface area (Å²) in [5.41, 5.74) is 1.46. The van der Waals surface area contributed by atoms with Crippen molar-refractivity contribution >= 4 is 34.9 Å². The molecule has 0 bridgehead atoms. The second-order valence-electron chi connectivity index (χ2n) is 8.59. The summed E-state index contributed by atoms with van der Waals surface area (Å²) in [6.45, 7) is 1.14. The second-order valence-corrected chi connectivity index (χ2v) is 9.00. The number of carboxylic acids is 1. The van der Waals surface area contributed by atoms with Crippen LogP contribution in [0, 0.1) is 16.0 Å². The van der Waals surface area contributed by atoms with Crippen LogP contribution < -0.4 is 9.64 Å². The van der Waals surface area contributed by atoms with Crippen LogP contribution in [-0.2, 0) is 9.59 Å². The number of nitro groups is 1. The predicted molar refractivity (Wildman–Crippen MR) is 126 cm³/mol. The maximum absolute atomic E-state index is 13.6. The number of nitro benzene ring substituents is 1. The number of methoxy groups -OCH3 is 1. The predicted octanol–water partition coefficient (Wildman–Crippen LogP) is 4.29. The average molecular weight is 488 g/mol. The number of benzene rings is 2. The van der Waals surface area contributed by atoms with Crippen LogP contribution in [0.3, 0.4) is 0 Å². The number of hydrogen-bond acceptors (Lipinski definition) is 6. The Morgan fingerprint density at radius 2 is 1.82 bits per heavy atom. The molecule has 4 rings (SSSR count). The van der Waals surface area contributed by atoms with E-state index in [2.05, 4.69) is 4.90 Å². The highest BCUT2D eigenvalue weighted by Gasteiger charge is 2.44. The molecule has 0 spiro atoms. The van der Waals surface area contributed by atoms with Crippen molar-refractivity contribution < 1.29 is 24.4 Å². The Morgan fingerprint density at radius 1 is 1.12 bits per heavy atom. The molecule has 2 aromatic rings. The molecule has 2 aromatic carbocycles. The third kappa shape index (κ3) is 4.52. The molecule has 2 atom stereocenters. The average Bonchev–Trinajstić information content (AvgIpc) is 3.28. The SMILES string of the molecule is COc1cc(N2CCC(C(=O)N3[C@@H](c4ccccc4Cl)CC[C@H]3C(=O)O)CC2)ccc1[N+](=O)[O-]. The molecule has 0 saturated carbocycles. The molecule has 2 aliphatic rings. The van der Waals surface area contributed by atoms with E-state index in [0.717, 1.165) is 11.3 Å². The fourth-order valence-electron chi connectivity index (χ4n) is 5.02. The standard InChI is InChI=1S/C24H26ClN3O6/c1-34-22-14-16(6-7-20(22)28(32)33)26-12-10-15(11-13-26)23(29)27-19(8-9-21(27)24(30)31)17-4-2-3-5-18(17)25/h2-7,14-15,19,21H,8-13H2,1H3,(H,30,31)/t19-,21+/m1/s1. The normalized spacial score (nSPS) is 20.9. The Bertz CT molecular complexity index is 1100. The molecule has 2 aliphatic heterocycles. The van der Waals surface area contributed by atoms with Gasteiger partial charge in [-0.1, -0.05) is 29.8 Å². The van der Waals surface area contributed by atoms with Crippen LogP contribution in [-0.4, -0.2) is 53.0 Å². The topological polar surface area (TPSA) is 113 Å². The molecule has 2 fully saturated rings. The minimum atomic E-state index is -1.00. The summed E-state index contributed by atoms with van der Waals surface area (Å²) in [7, 11) is 1.39. The zero-order valence-electron chi connectivity index (χ0n) is 18.7. The highest BCUT2D eigenvalue weighted by Crippen LogP contribution is 2.41. The van der Waals surface area contributed by atoms with Crippen molar-refractivity contribution in [3.05, 3.63) is 63.2 Å². The Balaban J connectivity index is 1.50. The van der Waals surface area contributed by atoms with E-state index in [4.69, 9.17) is 16.3 Å². The van der Waals surface area contributed by atoms with E-state index >= 15 is 0 Å². The lowest BCUT2D eigenvalue weighted by atomic mass is 9.93. The summed E-state index contributed by atoms with van der Waals surface area (Å²) in [6, 6.07) is 10.8. The number of likely N-dealkylation sites (tertiary alicyclic amines) is 1. The Hall–Kier alpha value is -3.33. The number of rotatable bonds is 6. The van der Waals surface area contributed by atoms with Gasteiger partial charge in [0.05, 0.1) is 18.1 Å². The number of hydrogen-bond donors (Lipinski definition) is 1. The van der Waals surface area contributed by atoms with Gasteiger partial charge in [-0.3, -0.25) is 14.9 Å². The molecule has 1 N–H and O–H groups in total. The van der Waals surface area contributed by atoms with Crippen molar-refractivity contribution in [2.24, 2.45) is 5.92 Å². The molecule has 2 saturated heterocycles. The van der Waals surface area contributed by atoms with E-state index in [1.807, 2.05) is 18.2 Å². The fraction of sp³-hybridized carbons (Fsp3) is 0.417. The van der Waals surface area contributed by atoms with E-state index < -0.39 is 16.9 Å². The highest BCUT2D eigenvalue weighted by molar-refractivity contribution is 6.31. The van der Waals surface area contributed by atoms with Gasteiger partial charge in [-0.15, -0.1) is 0 Å². The van der Waals surface area contributed by atoms with E-state index in [1.54, 1.807) is 18.2 Å². The van der Waals surface area contributed by atoms with Crippen LogP contribution in [0.4, 0.5) is 11.4 Å². The van der Waals surface area contributed by atoms with Crippen LogP contribution in [0.2, 0.25) is 5.02 Å². The quantitative estimate of drug-likeness (QED) is 0.477. The highest BCUT2D eigenvalue weighted by atomic mass is 35.5. The van der Waals surface area contributed by atoms with E-state index in [9.17, 15) is 24.8 Å². The number of carbonyl (C=O) groups excluding carboxylic acids is 1. The molecular weight excluding hydrogens is 462 g/mol. The lowest BCUT2D eigenvalue weighted by Gasteiger charge is -2.37. The van der Waals surface area contributed by atoms with Crippen LogP contribution in [0.15, 0.2) is 42.5 Å². The summed E-state index contributed by atoms with van der Waals surface area (Å²) < 4.78 is 5.17. The maximum Gasteiger partial charge on any atom is 0.326 e. The molecule has 0 unspecified atom stereocenters. The van der Waals surface area contributed by atoms with Gasteiger partial charge in [-0.2, -0.15) is 0 Å². The summed E-state index contributed by atoms with van der Waals surface area (Å²) in [5.74, 6) is -1.28. The number of ether oxygens (including phenoxy) is 1. The second kappa shape index (κ2) is 9.89. The summed E-state index contributed by atoms with van der Waals surface area (Å²) in [5, 5.41) is 21.5. The van der Waals surface area contributed by atoms with Crippen molar-refractivity contribution in [2.75, 3.05) is 25.1 Å². The van der Waals surface area contributed by atoms with E-state index in [-0.39, 0.29) is 29.3 Å². The third-order valence-corrected chi connectivity index (χ3v) is 7.10. The summed E-state index contributed by atoms with van der Waals surface area (Å²) in [4.78, 5) is 39.8.